The second-order valence-corrected chi connectivity index (χ2v) is 6.78. The fourth-order valence-electron chi connectivity index (χ4n) is 2.41. The molecule has 1 heterocycles. The normalized spacial score (nSPS) is 15.3. The molecule has 5 heteroatoms. The quantitative estimate of drug-likeness (QED) is 0.804. The van der Waals surface area contributed by atoms with Crippen LogP contribution in [0.2, 0.25) is 5.02 Å². The van der Waals surface area contributed by atoms with Crippen molar-refractivity contribution in [3.05, 3.63) is 46.5 Å². The lowest BCUT2D eigenvalue weighted by molar-refractivity contribution is 0.601. The molecule has 2 aromatic rings. The molecule has 0 saturated heterocycles. The number of anilines is 1. The van der Waals surface area contributed by atoms with Gasteiger partial charge in [0.25, 0.3) is 10.0 Å². The molecule has 3 nitrogen and oxygen atoms in total. The van der Waals surface area contributed by atoms with E-state index in [-0.39, 0.29) is 4.90 Å². The molecule has 98 valence electrons. The maximum Gasteiger partial charge on any atom is 0.262 e. The lowest BCUT2D eigenvalue weighted by atomic mass is 9.96. The van der Waals surface area contributed by atoms with Gasteiger partial charge in [0, 0.05) is 16.1 Å². The first-order chi connectivity index (χ1) is 8.90. The minimum absolute atomic E-state index is 0.276. The molecule has 0 bridgehead atoms. The molecular weight excluding hydrogens is 282 g/mol. The molecule has 0 amide bonds. The van der Waals surface area contributed by atoms with E-state index in [1.807, 2.05) is 26.0 Å². The van der Waals surface area contributed by atoms with E-state index in [4.69, 9.17) is 11.6 Å². The van der Waals surface area contributed by atoms with Crippen molar-refractivity contribution in [3.63, 3.8) is 0 Å². The third kappa shape index (κ3) is 1.83. The minimum Gasteiger partial charge on any atom is -0.279 e. The van der Waals surface area contributed by atoms with E-state index >= 15 is 0 Å². The van der Waals surface area contributed by atoms with Gasteiger partial charge in [-0.15, -0.1) is 0 Å². The fraction of sp³-hybridized carbons (Fsp3) is 0.143. The smallest absolute Gasteiger partial charge is 0.262 e. The molecule has 0 fully saturated rings. The maximum atomic E-state index is 12.3. The Kier molecular flexibility index (Phi) is 2.62. The number of aryl methyl sites for hydroxylation is 2. The number of nitrogens with one attached hydrogen (secondary N) is 1. The van der Waals surface area contributed by atoms with Crippen LogP contribution in [0.15, 0.2) is 35.2 Å². The van der Waals surface area contributed by atoms with Crippen LogP contribution in [0.3, 0.4) is 0 Å². The van der Waals surface area contributed by atoms with Gasteiger partial charge in [-0.05, 0) is 43.2 Å². The molecule has 1 aliphatic rings. The minimum atomic E-state index is -3.52. The average Bonchev–Trinajstić information content (AvgIpc) is 2.33. The predicted octanol–water partition coefficient (Wildman–Crippen LogP) is 3.74. The second kappa shape index (κ2) is 3.99. The molecule has 0 aromatic heterocycles. The topological polar surface area (TPSA) is 46.2 Å². The zero-order chi connectivity index (χ0) is 13.8. The van der Waals surface area contributed by atoms with Gasteiger partial charge >= 0.3 is 0 Å². The van der Waals surface area contributed by atoms with Crippen molar-refractivity contribution in [2.75, 3.05) is 4.72 Å². The van der Waals surface area contributed by atoms with E-state index in [2.05, 4.69) is 4.72 Å². The third-order valence-corrected chi connectivity index (χ3v) is 5.00. The zero-order valence-corrected chi connectivity index (χ0v) is 12.1. The Morgan fingerprint density at radius 1 is 1.05 bits per heavy atom. The van der Waals surface area contributed by atoms with Gasteiger partial charge in [-0.1, -0.05) is 23.7 Å². The van der Waals surface area contributed by atoms with E-state index in [9.17, 15) is 8.42 Å². The number of hydrogen-bond acceptors (Lipinski definition) is 2. The van der Waals surface area contributed by atoms with Gasteiger partial charge in [-0.2, -0.15) is 0 Å². The van der Waals surface area contributed by atoms with Gasteiger partial charge in [0.1, 0.15) is 0 Å². The van der Waals surface area contributed by atoms with Gasteiger partial charge in [0.15, 0.2) is 0 Å². The van der Waals surface area contributed by atoms with Crippen LogP contribution in [0.4, 0.5) is 5.69 Å². The highest BCUT2D eigenvalue weighted by molar-refractivity contribution is 7.93. The maximum absolute atomic E-state index is 12.3. The van der Waals surface area contributed by atoms with Gasteiger partial charge in [0.05, 0.1) is 10.6 Å². The van der Waals surface area contributed by atoms with Crippen molar-refractivity contribution >= 4 is 27.3 Å². The molecule has 0 aliphatic carbocycles. The number of halogens is 1. The van der Waals surface area contributed by atoms with E-state index in [1.54, 1.807) is 18.2 Å². The summed E-state index contributed by atoms with van der Waals surface area (Å²) in [6.07, 6.45) is 0. The molecule has 19 heavy (non-hydrogen) atoms. The number of hydrogen-bond donors (Lipinski definition) is 1. The summed E-state index contributed by atoms with van der Waals surface area (Å²) in [5.74, 6) is 0. The van der Waals surface area contributed by atoms with Crippen LogP contribution >= 0.6 is 11.6 Å². The Morgan fingerprint density at radius 3 is 2.47 bits per heavy atom. The van der Waals surface area contributed by atoms with Crippen molar-refractivity contribution in [2.45, 2.75) is 18.7 Å². The third-order valence-electron chi connectivity index (χ3n) is 3.36. The van der Waals surface area contributed by atoms with Crippen molar-refractivity contribution in [3.8, 4) is 11.1 Å². The highest BCUT2D eigenvalue weighted by Crippen LogP contribution is 2.43. The van der Waals surface area contributed by atoms with Crippen molar-refractivity contribution in [1.29, 1.82) is 0 Å². The summed E-state index contributed by atoms with van der Waals surface area (Å²) in [7, 11) is -3.52. The van der Waals surface area contributed by atoms with E-state index < -0.39 is 10.0 Å². The van der Waals surface area contributed by atoms with Crippen molar-refractivity contribution < 1.29 is 8.42 Å². The molecule has 0 unspecified atom stereocenters. The van der Waals surface area contributed by atoms with Crippen LogP contribution in [0, 0.1) is 13.8 Å². The van der Waals surface area contributed by atoms with Gasteiger partial charge in [-0.25, -0.2) is 8.42 Å². The Morgan fingerprint density at radius 2 is 1.74 bits per heavy atom. The molecule has 0 radical (unpaired) electrons. The van der Waals surface area contributed by atoms with Gasteiger partial charge < -0.3 is 0 Å². The summed E-state index contributed by atoms with van der Waals surface area (Å²) in [4.78, 5) is 0.276. The Hall–Kier alpha value is -1.52. The Bertz CT molecular complexity index is 797. The molecule has 1 N–H and O–H groups in total. The van der Waals surface area contributed by atoms with Crippen LogP contribution < -0.4 is 4.72 Å². The molecule has 0 spiro atoms. The summed E-state index contributed by atoms with van der Waals surface area (Å²) < 4.78 is 27.2. The Balaban J connectivity index is 2.48. The first-order valence-corrected chi connectivity index (χ1v) is 7.69. The molecule has 0 saturated carbocycles. The molecule has 3 rings (SSSR count). The SMILES string of the molecule is Cc1ccc(C)c2c1NS(=O)(=O)c1ccc(Cl)cc1-2. The molecule has 1 aliphatic heterocycles. The summed E-state index contributed by atoms with van der Waals surface area (Å²) >= 11 is 6.01. The average molecular weight is 294 g/mol. The van der Waals surface area contributed by atoms with Crippen LogP contribution in [-0.2, 0) is 10.0 Å². The number of benzene rings is 2. The zero-order valence-electron chi connectivity index (χ0n) is 10.5. The fourth-order valence-corrected chi connectivity index (χ4v) is 3.92. The summed E-state index contributed by atoms with van der Waals surface area (Å²) in [5.41, 5.74) is 4.14. The van der Waals surface area contributed by atoms with Crippen LogP contribution in [0.5, 0.6) is 0 Å². The first-order valence-electron chi connectivity index (χ1n) is 5.83. The van der Waals surface area contributed by atoms with Crippen LogP contribution in [0.25, 0.3) is 11.1 Å². The van der Waals surface area contributed by atoms with Crippen LogP contribution in [-0.4, -0.2) is 8.42 Å². The van der Waals surface area contributed by atoms with Crippen molar-refractivity contribution in [2.24, 2.45) is 0 Å². The van der Waals surface area contributed by atoms with E-state index in [0.29, 0.717) is 16.3 Å². The van der Waals surface area contributed by atoms with E-state index in [0.717, 1.165) is 16.7 Å². The molecular formula is C14H12ClNO2S. The standard InChI is InChI=1S/C14H12ClNO2S/c1-8-3-4-9(2)14-13(8)11-7-10(15)5-6-12(11)19(17,18)16-14/h3-7,16H,1-2H3. The summed E-state index contributed by atoms with van der Waals surface area (Å²) in [5, 5.41) is 0.530. The lowest BCUT2D eigenvalue weighted by Gasteiger charge is -2.24. The highest BCUT2D eigenvalue weighted by atomic mass is 35.5. The van der Waals surface area contributed by atoms with Crippen molar-refractivity contribution in [1.82, 2.24) is 0 Å². The highest BCUT2D eigenvalue weighted by Gasteiger charge is 2.29. The Labute approximate surface area is 117 Å². The monoisotopic (exact) mass is 293 g/mol. The largest absolute Gasteiger partial charge is 0.279 e. The van der Waals surface area contributed by atoms with Gasteiger partial charge in [0.2, 0.25) is 0 Å². The number of fused-ring (bicyclic) bond motifs is 3. The number of sulfonamides is 1. The predicted molar refractivity (Wildman–Crippen MR) is 77.2 cm³/mol. The molecule has 0 atom stereocenters. The summed E-state index contributed by atoms with van der Waals surface area (Å²) in [6.45, 7) is 3.85. The summed E-state index contributed by atoms with van der Waals surface area (Å²) in [6, 6.07) is 8.74. The van der Waals surface area contributed by atoms with Crippen LogP contribution in [0.1, 0.15) is 11.1 Å². The van der Waals surface area contributed by atoms with E-state index in [1.165, 1.54) is 0 Å². The van der Waals surface area contributed by atoms with Gasteiger partial charge in [-0.3, -0.25) is 4.72 Å². The lowest BCUT2D eigenvalue weighted by Crippen LogP contribution is -2.20. The first kappa shape index (κ1) is 12.5. The number of rotatable bonds is 0. The second-order valence-electron chi connectivity index (χ2n) is 4.70. The molecule has 2 aromatic carbocycles.